The summed E-state index contributed by atoms with van der Waals surface area (Å²) in [5.74, 6) is -3.04. The van der Waals surface area contributed by atoms with Gasteiger partial charge in [-0.15, -0.1) is 0 Å². The summed E-state index contributed by atoms with van der Waals surface area (Å²) in [5, 5.41) is 2.83. The average molecular weight is 413 g/mol. The van der Waals surface area contributed by atoms with Crippen molar-refractivity contribution in [2.24, 2.45) is 5.73 Å². The van der Waals surface area contributed by atoms with Gasteiger partial charge in [-0.25, -0.2) is 18.7 Å². The van der Waals surface area contributed by atoms with Gasteiger partial charge in [-0.1, -0.05) is 6.07 Å². The summed E-state index contributed by atoms with van der Waals surface area (Å²) in [4.78, 5) is 21.4. The van der Waals surface area contributed by atoms with Gasteiger partial charge in [-0.2, -0.15) is 13.2 Å². The van der Waals surface area contributed by atoms with E-state index in [0.717, 1.165) is 24.5 Å². The summed E-state index contributed by atoms with van der Waals surface area (Å²) < 4.78 is 66.0. The van der Waals surface area contributed by atoms with Crippen molar-refractivity contribution < 1.29 is 26.7 Å². The maximum atomic E-state index is 14.3. The summed E-state index contributed by atoms with van der Waals surface area (Å²) in [6, 6.07) is 1.82. The SMILES string of the molecule is CC1C(N)=C(Nc2ncc(F)cn2)CCN1C(=O)c1cccc(C(F)(F)F)c1F. The molecule has 1 amide bonds. The normalized spacial score (nSPS) is 17.4. The summed E-state index contributed by atoms with van der Waals surface area (Å²) in [6.07, 6.45) is -2.79. The number of alkyl halides is 3. The van der Waals surface area contributed by atoms with E-state index < -0.39 is 40.9 Å². The molecule has 1 unspecified atom stereocenters. The number of rotatable bonds is 3. The number of benzene rings is 1. The van der Waals surface area contributed by atoms with E-state index in [1.54, 1.807) is 6.92 Å². The number of nitrogens with two attached hydrogens (primary N) is 1. The molecule has 1 aliphatic rings. The van der Waals surface area contributed by atoms with E-state index in [0.29, 0.717) is 11.8 Å². The zero-order valence-electron chi connectivity index (χ0n) is 15.1. The molecule has 2 heterocycles. The van der Waals surface area contributed by atoms with Crippen molar-refractivity contribution in [1.82, 2.24) is 14.9 Å². The van der Waals surface area contributed by atoms with Crippen molar-refractivity contribution in [2.45, 2.75) is 25.6 Å². The van der Waals surface area contributed by atoms with Crippen molar-refractivity contribution in [2.75, 3.05) is 11.9 Å². The van der Waals surface area contributed by atoms with Crippen LogP contribution in [0, 0.1) is 11.6 Å². The molecule has 1 aliphatic heterocycles. The van der Waals surface area contributed by atoms with Crippen molar-refractivity contribution in [3.8, 4) is 0 Å². The van der Waals surface area contributed by atoms with Gasteiger partial charge >= 0.3 is 6.18 Å². The highest BCUT2D eigenvalue weighted by Gasteiger charge is 2.37. The first kappa shape index (κ1) is 20.5. The van der Waals surface area contributed by atoms with Crippen LogP contribution in [0.2, 0.25) is 0 Å². The number of halogens is 5. The van der Waals surface area contributed by atoms with Gasteiger partial charge in [0.1, 0.15) is 5.82 Å². The second-order valence-corrected chi connectivity index (χ2v) is 6.37. The van der Waals surface area contributed by atoms with Crippen LogP contribution in [0.25, 0.3) is 0 Å². The van der Waals surface area contributed by atoms with Crippen LogP contribution < -0.4 is 11.1 Å². The molecule has 0 saturated heterocycles. The predicted octanol–water partition coefficient (Wildman–Crippen LogP) is 3.29. The van der Waals surface area contributed by atoms with Crippen LogP contribution in [0.15, 0.2) is 42.0 Å². The number of carbonyl (C=O) groups is 1. The Bertz CT molecular complexity index is 958. The van der Waals surface area contributed by atoms with E-state index in [2.05, 4.69) is 15.3 Å². The number of nitrogens with zero attached hydrogens (tertiary/aromatic N) is 3. The second-order valence-electron chi connectivity index (χ2n) is 6.37. The largest absolute Gasteiger partial charge is 0.419 e. The molecule has 3 N–H and O–H groups in total. The van der Waals surface area contributed by atoms with Crippen LogP contribution in [0.4, 0.5) is 27.9 Å². The lowest BCUT2D eigenvalue weighted by Gasteiger charge is -2.35. The fraction of sp³-hybridized carbons (Fsp3) is 0.278. The van der Waals surface area contributed by atoms with Gasteiger partial charge in [0.15, 0.2) is 5.82 Å². The highest BCUT2D eigenvalue weighted by molar-refractivity contribution is 5.95. The minimum absolute atomic E-state index is 0.0694. The second kappa shape index (κ2) is 7.64. The Labute approximate surface area is 162 Å². The predicted molar refractivity (Wildman–Crippen MR) is 93.3 cm³/mol. The zero-order chi connectivity index (χ0) is 21.3. The third-order valence-electron chi connectivity index (χ3n) is 4.55. The minimum Gasteiger partial charge on any atom is -0.399 e. The molecule has 154 valence electrons. The number of aromatic nitrogens is 2. The molecule has 1 aromatic carbocycles. The highest BCUT2D eigenvalue weighted by Crippen LogP contribution is 2.33. The maximum Gasteiger partial charge on any atom is 0.419 e. The van der Waals surface area contributed by atoms with Gasteiger partial charge in [0, 0.05) is 18.7 Å². The summed E-state index contributed by atoms with van der Waals surface area (Å²) in [7, 11) is 0. The first-order chi connectivity index (χ1) is 13.6. The molecule has 1 atom stereocenters. The van der Waals surface area contributed by atoms with Crippen molar-refractivity contribution in [3.63, 3.8) is 0 Å². The van der Waals surface area contributed by atoms with E-state index in [9.17, 15) is 26.7 Å². The Morgan fingerprint density at radius 1 is 1.24 bits per heavy atom. The summed E-state index contributed by atoms with van der Waals surface area (Å²) in [5.41, 5.74) is 4.57. The summed E-state index contributed by atoms with van der Waals surface area (Å²) >= 11 is 0. The Balaban J connectivity index is 1.84. The Kier molecular flexibility index (Phi) is 5.40. The van der Waals surface area contributed by atoms with Crippen molar-refractivity contribution in [3.05, 3.63) is 64.7 Å². The molecule has 2 aromatic rings. The molecule has 0 spiro atoms. The number of amides is 1. The smallest absolute Gasteiger partial charge is 0.399 e. The average Bonchev–Trinajstić information content (AvgIpc) is 2.66. The van der Waals surface area contributed by atoms with Crippen LogP contribution >= 0.6 is 0 Å². The van der Waals surface area contributed by atoms with Gasteiger partial charge in [0.2, 0.25) is 5.95 Å². The van der Waals surface area contributed by atoms with E-state index in [4.69, 9.17) is 5.73 Å². The van der Waals surface area contributed by atoms with Gasteiger partial charge in [0.05, 0.1) is 35.3 Å². The molecule has 0 aliphatic carbocycles. The number of carbonyl (C=O) groups excluding carboxylic acids is 1. The van der Waals surface area contributed by atoms with E-state index in [-0.39, 0.29) is 24.6 Å². The molecule has 0 bridgehead atoms. The molecule has 0 radical (unpaired) electrons. The van der Waals surface area contributed by atoms with Gasteiger partial charge in [-0.3, -0.25) is 4.79 Å². The molecule has 3 rings (SSSR count). The lowest BCUT2D eigenvalue weighted by Crippen LogP contribution is -2.46. The number of hydrogen-bond acceptors (Lipinski definition) is 5. The van der Waals surface area contributed by atoms with Crippen LogP contribution in [-0.2, 0) is 6.18 Å². The molecule has 11 heteroatoms. The van der Waals surface area contributed by atoms with E-state index >= 15 is 0 Å². The quantitative estimate of drug-likeness (QED) is 0.755. The van der Waals surface area contributed by atoms with Crippen molar-refractivity contribution >= 4 is 11.9 Å². The van der Waals surface area contributed by atoms with Gasteiger partial charge in [0.25, 0.3) is 5.91 Å². The lowest BCUT2D eigenvalue weighted by atomic mass is 10.0. The molecule has 0 saturated carbocycles. The first-order valence-electron chi connectivity index (χ1n) is 8.49. The van der Waals surface area contributed by atoms with Crippen LogP contribution in [0.3, 0.4) is 0 Å². The monoisotopic (exact) mass is 413 g/mol. The first-order valence-corrected chi connectivity index (χ1v) is 8.49. The van der Waals surface area contributed by atoms with Crippen LogP contribution in [0.5, 0.6) is 0 Å². The standard InChI is InChI=1S/C18H16F5N5O/c1-9-15(24)13(27-17-25-7-10(19)8-26-17)5-6-28(9)16(29)11-3-2-4-12(14(11)20)18(21,22)23/h2-4,7-9H,5-6,24H2,1H3,(H,25,26,27). The van der Waals surface area contributed by atoms with Crippen molar-refractivity contribution in [1.29, 1.82) is 0 Å². The number of anilines is 1. The maximum absolute atomic E-state index is 14.3. The summed E-state index contributed by atoms with van der Waals surface area (Å²) in [6.45, 7) is 1.63. The third kappa shape index (κ3) is 4.13. The number of hydrogen-bond donors (Lipinski definition) is 2. The molecule has 29 heavy (non-hydrogen) atoms. The Morgan fingerprint density at radius 2 is 1.90 bits per heavy atom. The van der Waals surface area contributed by atoms with E-state index in [1.165, 1.54) is 4.90 Å². The van der Waals surface area contributed by atoms with Crippen LogP contribution in [-0.4, -0.2) is 33.4 Å². The topological polar surface area (TPSA) is 84.1 Å². The van der Waals surface area contributed by atoms with Gasteiger partial charge in [-0.05, 0) is 19.1 Å². The van der Waals surface area contributed by atoms with E-state index in [1.807, 2.05) is 0 Å². The number of nitrogens with one attached hydrogen (secondary N) is 1. The molecule has 1 aromatic heterocycles. The fourth-order valence-corrected chi connectivity index (χ4v) is 2.98. The minimum atomic E-state index is -4.92. The molecule has 0 fully saturated rings. The Hall–Kier alpha value is -3.24. The molecular formula is C18H16F5N5O. The van der Waals surface area contributed by atoms with Gasteiger partial charge < -0.3 is 16.0 Å². The van der Waals surface area contributed by atoms with Crippen LogP contribution in [0.1, 0.15) is 29.3 Å². The molecule has 6 nitrogen and oxygen atoms in total. The lowest BCUT2D eigenvalue weighted by molar-refractivity contribution is -0.140. The zero-order valence-corrected chi connectivity index (χ0v) is 15.1. The third-order valence-corrected chi connectivity index (χ3v) is 4.55. The highest BCUT2D eigenvalue weighted by atomic mass is 19.4. The Morgan fingerprint density at radius 3 is 2.52 bits per heavy atom. The fourth-order valence-electron chi connectivity index (χ4n) is 2.98. The molecular weight excluding hydrogens is 397 g/mol.